The minimum Gasteiger partial charge on any atom is -0.341 e. The Morgan fingerprint density at radius 2 is 2.00 bits per heavy atom. The highest BCUT2D eigenvalue weighted by Crippen LogP contribution is 2.20. The molecule has 1 aliphatic heterocycles. The van der Waals surface area contributed by atoms with Crippen molar-refractivity contribution in [3.63, 3.8) is 0 Å². The van der Waals surface area contributed by atoms with Gasteiger partial charge in [0.15, 0.2) is 4.99 Å². The molecule has 92 valence electrons. The fourth-order valence-corrected chi connectivity index (χ4v) is 2.33. The Kier molecular flexibility index (Phi) is 4.02. The van der Waals surface area contributed by atoms with Gasteiger partial charge in [-0.05, 0) is 37.0 Å². The average molecular weight is 251 g/mol. The Bertz CT molecular complexity index is 382. The van der Waals surface area contributed by atoms with Gasteiger partial charge in [0.25, 0.3) is 0 Å². The van der Waals surface area contributed by atoms with Crippen molar-refractivity contribution < 1.29 is 5.73 Å². The van der Waals surface area contributed by atoms with Gasteiger partial charge in [0, 0.05) is 31.4 Å². The van der Waals surface area contributed by atoms with E-state index >= 15 is 0 Å². The van der Waals surface area contributed by atoms with E-state index in [-0.39, 0.29) is 0 Å². The Balaban J connectivity index is 1.97. The minimum absolute atomic E-state index is 0.496. The molecule has 17 heavy (non-hydrogen) atoms. The molecule has 0 bridgehead atoms. The summed E-state index contributed by atoms with van der Waals surface area (Å²) < 4.78 is 0. The van der Waals surface area contributed by atoms with Gasteiger partial charge in [-0.1, -0.05) is 6.92 Å². The maximum absolute atomic E-state index is 5.14. The third kappa shape index (κ3) is 2.98. The van der Waals surface area contributed by atoms with Crippen LogP contribution in [0.4, 0.5) is 5.95 Å². The molecule has 1 fully saturated rings. The monoisotopic (exact) mass is 251 g/mol. The summed E-state index contributed by atoms with van der Waals surface area (Å²) in [6.45, 7) is 4.07. The zero-order chi connectivity index (χ0) is 12.3. The van der Waals surface area contributed by atoms with Crippen molar-refractivity contribution in [1.82, 2.24) is 9.97 Å². The van der Waals surface area contributed by atoms with Crippen LogP contribution in [-0.2, 0) is 6.42 Å². The summed E-state index contributed by atoms with van der Waals surface area (Å²) >= 11 is 5.14. The number of piperidine rings is 1. The van der Waals surface area contributed by atoms with E-state index in [0.29, 0.717) is 5.92 Å². The van der Waals surface area contributed by atoms with Gasteiger partial charge < -0.3 is 10.6 Å². The zero-order valence-electron chi connectivity index (χ0n) is 10.2. The summed E-state index contributed by atoms with van der Waals surface area (Å²) in [7, 11) is 0. The number of nitrogens with zero attached hydrogens (tertiary/aromatic N) is 3. The Labute approximate surface area is 107 Å². The van der Waals surface area contributed by atoms with Crippen molar-refractivity contribution >= 4 is 23.2 Å². The van der Waals surface area contributed by atoms with E-state index in [9.17, 15) is 0 Å². The second-order valence-corrected chi connectivity index (χ2v) is 5.00. The lowest BCUT2D eigenvalue weighted by atomic mass is 9.97. The topological polar surface area (TPSA) is 56.7 Å². The molecule has 1 aromatic rings. The molecule has 4 nitrogen and oxygen atoms in total. The van der Waals surface area contributed by atoms with E-state index in [2.05, 4.69) is 27.5 Å². The van der Waals surface area contributed by atoms with Gasteiger partial charge in [-0.2, -0.15) is 0 Å². The molecule has 0 saturated carbocycles. The van der Waals surface area contributed by atoms with Gasteiger partial charge in [-0.3, -0.25) is 0 Å². The number of hydrogen-bond donors (Lipinski definition) is 1. The van der Waals surface area contributed by atoms with Gasteiger partial charge >= 0.3 is 0 Å². The van der Waals surface area contributed by atoms with Gasteiger partial charge in [0.1, 0.15) is 0 Å². The van der Waals surface area contributed by atoms with Crippen LogP contribution < -0.4 is 10.6 Å². The summed E-state index contributed by atoms with van der Waals surface area (Å²) in [4.78, 5) is 11.9. The molecule has 0 unspecified atom stereocenters. The fraction of sp³-hybridized carbons (Fsp3) is 0.583. The van der Waals surface area contributed by atoms with Gasteiger partial charge in [0.05, 0.1) is 0 Å². The third-order valence-electron chi connectivity index (χ3n) is 3.33. The van der Waals surface area contributed by atoms with Crippen LogP contribution in [0.1, 0.15) is 25.3 Å². The van der Waals surface area contributed by atoms with Crippen LogP contribution in [0.3, 0.4) is 0 Å². The molecule has 1 saturated heterocycles. The molecule has 0 aromatic carbocycles. The summed E-state index contributed by atoms with van der Waals surface area (Å²) in [6, 6.07) is 0. The maximum atomic E-state index is 5.14. The number of anilines is 1. The molecule has 1 aliphatic rings. The maximum Gasteiger partial charge on any atom is 0.225 e. The summed E-state index contributed by atoms with van der Waals surface area (Å²) in [6.07, 6.45) is 6.96. The van der Waals surface area contributed by atoms with E-state index < -0.39 is 0 Å². The average Bonchev–Trinajstić information content (AvgIpc) is 2.39. The lowest BCUT2D eigenvalue weighted by molar-refractivity contribution is -0.217. The molecule has 0 radical (unpaired) electrons. The van der Waals surface area contributed by atoms with Crippen LogP contribution in [0, 0.1) is 5.92 Å². The molecule has 5 heteroatoms. The van der Waals surface area contributed by atoms with E-state index in [0.717, 1.165) is 43.3 Å². The summed E-state index contributed by atoms with van der Waals surface area (Å²) in [5, 5.41) is 0. The minimum atomic E-state index is 0.496. The Hall–Kier alpha value is -1.07. The number of hydrogen-bond acceptors (Lipinski definition) is 4. The standard InChI is InChI=1S/C12H18N4S/c1-2-9-7-14-12(15-8-9)16-5-3-10(4-6-16)11(13)17/h7-8,10H,2-6H2,1H3,(H2,13,17)/p+1. The van der Waals surface area contributed by atoms with Crippen molar-refractivity contribution in [3.8, 4) is 0 Å². The molecule has 0 aliphatic carbocycles. The van der Waals surface area contributed by atoms with Crippen LogP contribution in [0.15, 0.2) is 12.4 Å². The summed E-state index contributed by atoms with van der Waals surface area (Å²) in [5.74, 6) is 1.34. The fourth-order valence-electron chi connectivity index (χ4n) is 2.10. The van der Waals surface area contributed by atoms with Crippen molar-refractivity contribution in [3.05, 3.63) is 18.0 Å². The molecule has 0 amide bonds. The summed E-state index contributed by atoms with van der Waals surface area (Å²) in [5.41, 5.74) is 5.05. The number of aromatic nitrogens is 2. The normalized spacial score (nSPS) is 17.2. The highest BCUT2D eigenvalue weighted by Gasteiger charge is 2.24. The SMILES string of the molecule is CCc1cnc(N2CCC(C([NH3+])=S)CC2)nc1. The largest absolute Gasteiger partial charge is 0.341 e. The molecule has 0 spiro atoms. The van der Waals surface area contributed by atoms with Crippen LogP contribution >= 0.6 is 12.2 Å². The zero-order valence-corrected chi connectivity index (χ0v) is 11.0. The lowest BCUT2D eigenvalue weighted by Gasteiger charge is -2.30. The molecule has 0 atom stereocenters. The van der Waals surface area contributed by atoms with Gasteiger partial charge in [0.2, 0.25) is 5.95 Å². The number of rotatable bonds is 3. The second kappa shape index (κ2) is 5.51. The second-order valence-electron chi connectivity index (χ2n) is 4.47. The lowest BCUT2D eigenvalue weighted by Crippen LogP contribution is -2.60. The Morgan fingerprint density at radius 1 is 1.41 bits per heavy atom. The highest BCUT2D eigenvalue weighted by molar-refractivity contribution is 7.79. The van der Waals surface area contributed by atoms with Crippen LogP contribution in [0.25, 0.3) is 0 Å². The van der Waals surface area contributed by atoms with Crippen molar-refractivity contribution in [2.45, 2.75) is 26.2 Å². The van der Waals surface area contributed by atoms with Crippen molar-refractivity contribution in [2.24, 2.45) is 5.92 Å². The molecule has 2 rings (SSSR count). The predicted molar refractivity (Wildman–Crippen MR) is 71.8 cm³/mol. The molecule has 1 aromatic heterocycles. The smallest absolute Gasteiger partial charge is 0.225 e. The number of quaternary nitrogens is 1. The first-order chi connectivity index (χ1) is 8.20. The van der Waals surface area contributed by atoms with E-state index in [1.54, 1.807) is 0 Å². The molecule has 3 N–H and O–H groups in total. The molecule has 2 heterocycles. The first-order valence-electron chi connectivity index (χ1n) is 6.12. The quantitative estimate of drug-likeness (QED) is 0.808. The number of aryl methyl sites for hydroxylation is 1. The molecular weight excluding hydrogens is 232 g/mol. The van der Waals surface area contributed by atoms with E-state index in [1.165, 1.54) is 5.56 Å². The van der Waals surface area contributed by atoms with E-state index in [1.807, 2.05) is 12.4 Å². The predicted octanol–water partition coefficient (Wildman–Crippen LogP) is 0.825. The highest BCUT2D eigenvalue weighted by atomic mass is 32.1. The first-order valence-corrected chi connectivity index (χ1v) is 6.53. The Morgan fingerprint density at radius 3 is 2.47 bits per heavy atom. The third-order valence-corrected chi connectivity index (χ3v) is 3.67. The molecular formula is C12H19N4S+. The van der Waals surface area contributed by atoms with E-state index in [4.69, 9.17) is 12.2 Å². The number of thiocarbonyl (C=S) groups is 1. The van der Waals surface area contributed by atoms with Gasteiger partial charge in [-0.25, -0.2) is 9.97 Å². The van der Waals surface area contributed by atoms with Gasteiger partial charge in [-0.15, -0.1) is 0 Å². The van der Waals surface area contributed by atoms with Crippen LogP contribution in [0.2, 0.25) is 0 Å². The van der Waals surface area contributed by atoms with Crippen molar-refractivity contribution in [2.75, 3.05) is 18.0 Å². The van der Waals surface area contributed by atoms with Crippen LogP contribution in [-0.4, -0.2) is 28.0 Å². The van der Waals surface area contributed by atoms with Crippen molar-refractivity contribution in [1.29, 1.82) is 0 Å². The first kappa shape index (κ1) is 12.4. The van der Waals surface area contributed by atoms with Crippen LogP contribution in [0.5, 0.6) is 0 Å².